The molecule has 0 saturated carbocycles. The average Bonchev–Trinajstić information content (AvgIpc) is 2.78. The molecule has 0 radical (unpaired) electrons. The summed E-state index contributed by atoms with van der Waals surface area (Å²) < 4.78 is 0.938. The van der Waals surface area contributed by atoms with Crippen molar-refractivity contribution in [2.75, 3.05) is 13.1 Å². The predicted molar refractivity (Wildman–Crippen MR) is 89.6 cm³/mol. The number of carbonyl (C=O) groups is 1. The number of carbonyl (C=O) groups excluding carboxylic acids is 1. The van der Waals surface area contributed by atoms with Gasteiger partial charge in [-0.1, -0.05) is 0 Å². The zero-order valence-electron chi connectivity index (χ0n) is 14.1. The Hall–Kier alpha value is -2.97. The molecular formula is C16H19N5O4. The van der Waals surface area contributed by atoms with Gasteiger partial charge >= 0.3 is 5.69 Å². The number of nitrogens with one attached hydrogen (secondary N) is 2. The molecule has 2 aromatic rings. The molecular weight excluding hydrogens is 326 g/mol. The van der Waals surface area contributed by atoms with Gasteiger partial charge in [0.1, 0.15) is 5.82 Å². The predicted octanol–water partition coefficient (Wildman–Crippen LogP) is -1.36. The Morgan fingerprint density at radius 1 is 1.24 bits per heavy atom. The molecule has 0 atom stereocenters. The Bertz CT molecular complexity index is 1000. The Labute approximate surface area is 142 Å². The lowest BCUT2D eigenvalue weighted by Gasteiger charge is -2.20. The minimum absolute atomic E-state index is 0.0946. The maximum atomic E-state index is 12.6. The van der Waals surface area contributed by atoms with Crippen molar-refractivity contribution in [1.29, 1.82) is 0 Å². The van der Waals surface area contributed by atoms with Crippen molar-refractivity contribution in [2.24, 2.45) is 7.05 Å². The standard InChI is InChI=1S/C16H19N5O4/c1-9-18-12-4-6-21(5-3-11(12)14(23)19-9)13(22)7-10-8-17-16(25)20(2)15(10)24/h8H,3-7H2,1-2H3,(H,17,25)(H,18,19,23). The molecule has 0 fully saturated rings. The number of nitrogens with zero attached hydrogens (tertiary/aromatic N) is 3. The highest BCUT2D eigenvalue weighted by Gasteiger charge is 2.22. The second-order valence-corrected chi connectivity index (χ2v) is 6.12. The molecule has 1 aliphatic heterocycles. The molecule has 3 heterocycles. The summed E-state index contributed by atoms with van der Waals surface area (Å²) in [6, 6.07) is 0. The third kappa shape index (κ3) is 3.30. The van der Waals surface area contributed by atoms with Crippen LogP contribution in [0.3, 0.4) is 0 Å². The van der Waals surface area contributed by atoms with Gasteiger partial charge in [0.25, 0.3) is 11.1 Å². The Morgan fingerprint density at radius 2 is 1.96 bits per heavy atom. The van der Waals surface area contributed by atoms with Gasteiger partial charge in [-0.05, 0) is 13.3 Å². The van der Waals surface area contributed by atoms with Crippen molar-refractivity contribution in [1.82, 2.24) is 24.4 Å². The van der Waals surface area contributed by atoms with Crippen molar-refractivity contribution in [3.8, 4) is 0 Å². The topological polar surface area (TPSA) is 121 Å². The number of aryl methyl sites for hydroxylation is 1. The van der Waals surface area contributed by atoms with Gasteiger partial charge in [-0.2, -0.15) is 0 Å². The lowest BCUT2D eigenvalue weighted by molar-refractivity contribution is -0.130. The van der Waals surface area contributed by atoms with Crippen LogP contribution in [0.5, 0.6) is 0 Å². The van der Waals surface area contributed by atoms with E-state index in [1.807, 2.05) is 0 Å². The smallest absolute Gasteiger partial charge is 0.328 e. The van der Waals surface area contributed by atoms with E-state index in [1.165, 1.54) is 13.2 Å². The molecule has 132 valence electrons. The first-order valence-electron chi connectivity index (χ1n) is 8.01. The summed E-state index contributed by atoms with van der Waals surface area (Å²) in [4.78, 5) is 59.1. The van der Waals surface area contributed by atoms with Gasteiger partial charge in [0.15, 0.2) is 0 Å². The molecule has 25 heavy (non-hydrogen) atoms. The number of amides is 1. The van der Waals surface area contributed by atoms with Gasteiger partial charge < -0.3 is 14.9 Å². The van der Waals surface area contributed by atoms with E-state index in [0.29, 0.717) is 37.3 Å². The van der Waals surface area contributed by atoms with Gasteiger partial charge in [-0.3, -0.25) is 19.0 Å². The first-order valence-corrected chi connectivity index (χ1v) is 8.01. The number of hydrogen-bond donors (Lipinski definition) is 2. The first kappa shape index (κ1) is 16.9. The highest BCUT2D eigenvalue weighted by molar-refractivity contribution is 5.78. The summed E-state index contributed by atoms with van der Waals surface area (Å²) >= 11 is 0. The fourth-order valence-electron chi connectivity index (χ4n) is 3.00. The summed E-state index contributed by atoms with van der Waals surface area (Å²) in [6.07, 6.45) is 2.11. The third-order valence-corrected chi connectivity index (χ3v) is 4.42. The van der Waals surface area contributed by atoms with E-state index >= 15 is 0 Å². The summed E-state index contributed by atoms with van der Waals surface area (Å²) in [6.45, 7) is 2.55. The molecule has 9 heteroatoms. The summed E-state index contributed by atoms with van der Waals surface area (Å²) in [7, 11) is 1.36. The molecule has 3 rings (SSSR count). The van der Waals surface area contributed by atoms with E-state index in [4.69, 9.17) is 0 Å². The molecule has 2 aromatic heterocycles. The number of fused-ring (bicyclic) bond motifs is 1. The number of hydrogen-bond acceptors (Lipinski definition) is 5. The van der Waals surface area contributed by atoms with Gasteiger partial charge in [-0.25, -0.2) is 9.78 Å². The first-order chi connectivity index (χ1) is 11.9. The van der Waals surface area contributed by atoms with E-state index in [0.717, 1.165) is 10.3 Å². The maximum absolute atomic E-state index is 12.6. The molecule has 1 amide bonds. The van der Waals surface area contributed by atoms with Gasteiger partial charge in [-0.15, -0.1) is 0 Å². The zero-order valence-corrected chi connectivity index (χ0v) is 14.1. The van der Waals surface area contributed by atoms with E-state index in [-0.39, 0.29) is 23.5 Å². The molecule has 0 bridgehead atoms. The van der Waals surface area contributed by atoms with Crippen LogP contribution in [0, 0.1) is 6.92 Å². The molecule has 1 aliphatic rings. The molecule has 0 aromatic carbocycles. The minimum atomic E-state index is -0.521. The second kappa shape index (κ2) is 6.50. The molecule has 2 N–H and O–H groups in total. The van der Waals surface area contributed by atoms with E-state index in [1.54, 1.807) is 11.8 Å². The van der Waals surface area contributed by atoms with E-state index < -0.39 is 11.2 Å². The van der Waals surface area contributed by atoms with Crippen LogP contribution in [-0.4, -0.2) is 43.4 Å². The van der Waals surface area contributed by atoms with Gasteiger partial charge in [0.05, 0.1) is 12.1 Å². The van der Waals surface area contributed by atoms with Crippen LogP contribution in [0.1, 0.15) is 22.6 Å². The number of H-pyrrole nitrogens is 2. The average molecular weight is 345 g/mol. The number of aromatic nitrogens is 4. The van der Waals surface area contributed by atoms with Crippen LogP contribution < -0.4 is 16.8 Å². The van der Waals surface area contributed by atoms with Gasteiger partial charge in [0.2, 0.25) is 5.91 Å². The maximum Gasteiger partial charge on any atom is 0.328 e. The van der Waals surface area contributed by atoms with Crippen molar-refractivity contribution in [3.63, 3.8) is 0 Å². The van der Waals surface area contributed by atoms with E-state index in [9.17, 15) is 19.2 Å². The van der Waals surface area contributed by atoms with Crippen LogP contribution in [0.25, 0.3) is 0 Å². The summed E-state index contributed by atoms with van der Waals surface area (Å²) in [5.41, 5.74) is 0.403. The fourth-order valence-corrected chi connectivity index (χ4v) is 3.00. The quantitative estimate of drug-likeness (QED) is 0.696. The molecule has 9 nitrogen and oxygen atoms in total. The van der Waals surface area contributed by atoms with Gasteiger partial charge in [0, 0.05) is 43.9 Å². The highest BCUT2D eigenvalue weighted by atomic mass is 16.2. The lowest BCUT2D eigenvalue weighted by atomic mass is 10.1. The number of rotatable bonds is 2. The van der Waals surface area contributed by atoms with Crippen molar-refractivity contribution in [2.45, 2.75) is 26.2 Å². The van der Waals surface area contributed by atoms with Crippen LogP contribution >= 0.6 is 0 Å². The normalized spacial score (nSPS) is 14.1. The zero-order chi connectivity index (χ0) is 18.1. The van der Waals surface area contributed by atoms with Crippen LogP contribution in [-0.2, 0) is 31.1 Å². The SMILES string of the molecule is Cc1nc2c(c(=O)[nH]1)CCN(C(=O)Cc1c[nH]c(=O)n(C)c1=O)CC2. The Balaban J connectivity index is 1.78. The lowest BCUT2D eigenvalue weighted by Crippen LogP contribution is -2.39. The van der Waals surface area contributed by atoms with Crippen LogP contribution in [0.2, 0.25) is 0 Å². The second-order valence-electron chi connectivity index (χ2n) is 6.12. The Kier molecular flexibility index (Phi) is 4.39. The largest absolute Gasteiger partial charge is 0.342 e. The third-order valence-electron chi connectivity index (χ3n) is 4.42. The molecule has 0 saturated heterocycles. The highest BCUT2D eigenvalue weighted by Crippen LogP contribution is 2.11. The van der Waals surface area contributed by atoms with Crippen molar-refractivity contribution >= 4 is 5.91 Å². The van der Waals surface area contributed by atoms with Crippen LogP contribution in [0.4, 0.5) is 0 Å². The van der Waals surface area contributed by atoms with E-state index in [2.05, 4.69) is 15.0 Å². The van der Waals surface area contributed by atoms with Crippen molar-refractivity contribution in [3.05, 3.63) is 60.0 Å². The van der Waals surface area contributed by atoms with Crippen LogP contribution in [0.15, 0.2) is 20.6 Å². The molecule has 0 unspecified atom stereocenters. The Morgan fingerprint density at radius 3 is 2.72 bits per heavy atom. The minimum Gasteiger partial charge on any atom is -0.342 e. The number of aromatic amines is 2. The summed E-state index contributed by atoms with van der Waals surface area (Å²) in [5.74, 6) is 0.338. The molecule has 0 spiro atoms. The fraction of sp³-hybridized carbons (Fsp3) is 0.438. The molecule has 0 aliphatic carbocycles. The van der Waals surface area contributed by atoms with Crippen molar-refractivity contribution < 1.29 is 4.79 Å². The monoisotopic (exact) mass is 345 g/mol. The summed E-state index contributed by atoms with van der Waals surface area (Å²) in [5, 5.41) is 0.